The second-order valence-corrected chi connectivity index (χ2v) is 6.74. The molecule has 0 aliphatic carbocycles. The topological polar surface area (TPSA) is 60.2 Å². The molecule has 2 aromatic rings. The summed E-state index contributed by atoms with van der Waals surface area (Å²) >= 11 is 0. The van der Waals surface area contributed by atoms with Crippen LogP contribution in [0.2, 0.25) is 0 Å². The number of hydrogen-bond donors (Lipinski definition) is 1. The first-order valence-electron chi connectivity index (χ1n) is 6.11. The molecule has 0 amide bonds. The molecule has 0 unspecified atom stereocenters. The summed E-state index contributed by atoms with van der Waals surface area (Å²) in [6, 6.07) is 14.3. The summed E-state index contributed by atoms with van der Waals surface area (Å²) in [5.41, 5.74) is 8.26. The van der Waals surface area contributed by atoms with E-state index in [-0.39, 0.29) is 5.75 Å². The Morgan fingerprint density at radius 1 is 1.05 bits per heavy atom. The molecule has 100 valence electrons. The summed E-state index contributed by atoms with van der Waals surface area (Å²) in [6.45, 7) is 2.00. The van der Waals surface area contributed by atoms with Gasteiger partial charge >= 0.3 is 0 Å². The van der Waals surface area contributed by atoms with E-state index in [2.05, 4.69) is 0 Å². The van der Waals surface area contributed by atoms with E-state index in [1.165, 1.54) is 6.07 Å². The van der Waals surface area contributed by atoms with Crippen molar-refractivity contribution in [3.63, 3.8) is 0 Å². The fourth-order valence-corrected chi connectivity index (χ4v) is 3.29. The Bertz CT molecular complexity index is 678. The van der Waals surface area contributed by atoms with Gasteiger partial charge in [-0.25, -0.2) is 8.42 Å². The van der Waals surface area contributed by atoms with Crippen molar-refractivity contribution in [2.75, 3.05) is 11.5 Å². The highest BCUT2D eigenvalue weighted by Crippen LogP contribution is 2.16. The number of anilines is 1. The van der Waals surface area contributed by atoms with Gasteiger partial charge in [0.1, 0.15) is 0 Å². The molecular weight excluding hydrogens is 258 g/mol. The number of sulfone groups is 1. The molecule has 0 bridgehead atoms. The van der Waals surface area contributed by atoms with Crippen molar-refractivity contribution in [1.82, 2.24) is 0 Å². The molecule has 0 saturated carbocycles. The van der Waals surface area contributed by atoms with Crippen molar-refractivity contribution in [1.29, 1.82) is 0 Å². The standard InChI is InChI=1S/C15H17NO2S/c1-12-4-2-5-13(10-12)8-9-19(17,18)15-7-3-6-14(16)11-15/h2-7,10-11H,8-9,16H2,1H3. The number of rotatable bonds is 4. The van der Waals surface area contributed by atoms with Gasteiger partial charge in [-0.05, 0) is 37.1 Å². The maximum atomic E-state index is 12.2. The van der Waals surface area contributed by atoms with Crippen LogP contribution < -0.4 is 5.73 Å². The van der Waals surface area contributed by atoms with Crippen LogP contribution in [-0.4, -0.2) is 14.2 Å². The normalized spacial score (nSPS) is 11.4. The average Bonchev–Trinajstić information content (AvgIpc) is 2.37. The van der Waals surface area contributed by atoms with E-state index >= 15 is 0 Å². The zero-order valence-corrected chi connectivity index (χ0v) is 11.7. The van der Waals surface area contributed by atoms with Crippen molar-refractivity contribution in [2.45, 2.75) is 18.2 Å². The number of nitrogens with two attached hydrogens (primary N) is 1. The zero-order chi connectivity index (χ0) is 13.9. The van der Waals surface area contributed by atoms with Gasteiger partial charge in [0.25, 0.3) is 0 Å². The van der Waals surface area contributed by atoms with Crippen LogP contribution in [0.5, 0.6) is 0 Å². The van der Waals surface area contributed by atoms with Crippen molar-refractivity contribution in [3.05, 3.63) is 59.7 Å². The van der Waals surface area contributed by atoms with Crippen molar-refractivity contribution < 1.29 is 8.42 Å². The molecule has 2 aromatic carbocycles. The summed E-state index contributed by atoms with van der Waals surface area (Å²) in [5.74, 6) is 0.0971. The molecule has 19 heavy (non-hydrogen) atoms. The lowest BCUT2D eigenvalue weighted by Crippen LogP contribution is -2.09. The van der Waals surface area contributed by atoms with Crippen LogP contribution in [0.3, 0.4) is 0 Å². The number of benzene rings is 2. The Morgan fingerprint density at radius 2 is 1.79 bits per heavy atom. The molecule has 0 fully saturated rings. The Labute approximate surface area is 114 Å². The Balaban J connectivity index is 2.14. The van der Waals surface area contributed by atoms with Crippen LogP contribution in [0.1, 0.15) is 11.1 Å². The predicted molar refractivity (Wildman–Crippen MR) is 77.8 cm³/mol. The molecule has 2 N–H and O–H groups in total. The molecule has 0 radical (unpaired) electrons. The SMILES string of the molecule is Cc1cccc(CCS(=O)(=O)c2cccc(N)c2)c1. The van der Waals surface area contributed by atoms with Crippen molar-refractivity contribution in [3.8, 4) is 0 Å². The summed E-state index contributed by atoms with van der Waals surface area (Å²) in [4.78, 5) is 0.292. The predicted octanol–water partition coefficient (Wildman–Crippen LogP) is 2.59. The lowest BCUT2D eigenvalue weighted by atomic mass is 10.1. The lowest BCUT2D eigenvalue weighted by molar-refractivity contribution is 0.595. The first kappa shape index (κ1) is 13.6. The van der Waals surface area contributed by atoms with Crippen molar-refractivity contribution in [2.24, 2.45) is 0 Å². The monoisotopic (exact) mass is 275 g/mol. The van der Waals surface area contributed by atoms with Crippen LogP contribution in [0.25, 0.3) is 0 Å². The minimum Gasteiger partial charge on any atom is -0.399 e. The molecule has 4 heteroatoms. The van der Waals surface area contributed by atoms with Gasteiger partial charge in [0.15, 0.2) is 9.84 Å². The largest absolute Gasteiger partial charge is 0.399 e. The summed E-state index contributed by atoms with van der Waals surface area (Å²) in [7, 11) is -3.27. The summed E-state index contributed by atoms with van der Waals surface area (Å²) in [6.07, 6.45) is 0.513. The number of aryl methyl sites for hydroxylation is 2. The van der Waals surface area contributed by atoms with Gasteiger partial charge in [0, 0.05) is 5.69 Å². The van der Waals surface area contributed by atoms with Crippen LogP contribution in [-0.2, 0) is 16.3 Å². The van der Waals surface area contributed by atoms with Gasteiger partial charge in [0.2, 0.25) is 0 Å². The summed E-state index contributed by atoms with van der Waals surface area (Å²) < 4.78 is 24.4. The van der Waals surface area contributed by atoms with Gasteiger partial charge in [-0.1, -0.05) is 35.9 Å². The molecule has 0 atom stereocenters. The lowest BCUT2D eigenvalue weighted by Gasteiger charge is -2.06. The molecular formula is C15H17NO2S. The fourth-order valence-electron chi connectivity index (χ4n) is 1.95. The van der Waals surface area contributed by atoms with Gasteiger partial charge in [-0.15, -0.1) is 0 Å². The second-order valence-electron chi connectivity index (χ2n) is 4.63. The third-order valence-corrected chi connectivity index (χ3v) is 4.67. The Hall–Kier alpha value is -1.81. The highest BCUT2D eigenvalue weighted by Gasteiger charge is 2.14. The third-order valence-electron chi connectivity index (χ3n) is 2.96. The quantitative estimate of drug-likeness (QED) is 0.872. The number of hydrogen-bond acceptors (Lipinski definition) is 3. The minimum atomic E-state index is -3.27. The maximum Gasteiger partial charge on any atom is 0.178 e. The van der Waals surface area contributed by atoms with E-state index in [1.807, 2.05) is 31.2 Å². The molecule has 0 spiro atoms. The average molecular weight is 275 g/mol. The molecule has 3 nitrogen and oxygen atoms in total. The summed E-state index contributed by atoms with van der Waals surface area (Å²) in [5, 5.41) is 0. The van der Waals surface area contributed by atoms with E-state index < -0.39 is 9.84 Å². The second kappa shape index (κ2) is 5.45. The van der Waals surface area contributed by atoms with Gasteiger partial charge in [-0.3, -0.25) is 0 Å². The molecule has 0 aliphatic rings. The Kier molecular flexibility index (Phi) is 3.90. The van der Waals surface area contributed by atoms with E-state index in [0.717, 1.165) is 11.1 Å². The maximum absolute atomic E-state index is 12.2. The van der Waals surface area contributed by atoms with E-state index in [9.17, 15) is 8.42 Å². The van der Waals surface area contributed by atoms with E-state index in [0.29, 0.717) is 17.0 Å². The highest BCUT2D eigenvalue weighted by atomic mass is 32.2. The molecule has 0 saturated heterocycles. The van der Waals surface area contributed by atoms with Crippen LogP contribution in [0.15, 0.2) is 53.4 Å². The van der Waals surface area contributed by atoms with Crippen molar-refractivity contribution >= 4 is 15.5 Å². The first-order valence-corrected chi connectivity index (χ1v) is 7.76. The van der Waals surface area contributed by atoms with E-state index in [4.69, 9.17) is 5.73 Å². The van der Waals surface area contributed by atoms with Crippen LogP contribution in [0.4, 0.5) is 5.69 Å². The van der Waals surface area contributed by atoms with E-state index in [1.54, 1.807) is 18.2 Å². The van der Waals surface area contributed by atoms with Crippen LogP contribution >= 0.6 is 0 Å². The molecule has 0 heterocycles. The van der Waals surface area contributed by atoms with Gasteiger partial charge in [-0.2, -0.15) is 0 Å². The fraction of sp³-hybridized carbons (Fsp3) is 0.200. The number of nitrogen functional groups attached to an aromatic ring is 1. The molecule has 2 rings (SSSR count). The van der Waals surface area contributed by atoms with Crippen LogP contribution in [0, 0.1) is 6.92 Å². The van der Waals surface area contributed by atoms with Gasteiger partial charge < -0.3 is 5.73 Å². The highest BCUT2D eigenvalue weighted by molar-refractivity contribution is 7.91. The minimum absolute atomic E-state index is 0.0971. The third kappa shape index (κ3) is 3.58. The Morgan fingerprint density at radius 3 is 2.47 bits per heavy atom. The smallest absolute Gasteiger partial charge is 0.178 e. The first-order chi connectivity index (χ1) is 8.97. The zero-order valence-electron chi connectivity index (χ0n) is 10.8. The molecule has 0 aliphatic heterocycles. The van der Waals surface area contributed by atoms with Gasteiger partial charge in [0.05, 0.1) is 10.6 Å². The molecule has 0 aromatic heterocycles.